The van der Waals surface area contributed by atoms with Crippen LogP contribution in [0.4, 0.5) is 5.69 Å². The minimum atomic E-state index is -0.121. The maximum Gasteiger partial charge on any atom is 0.245 e. The van der Waals surface area contributed by atoms with Gasteiger partial charge >= 0.3 is 0 Å². The molecule has 20 heavy (non-hydrogen) atoms. The van der Waals surface area contributed by atoms with Gasteiger partial charge in [-0.1, -0.05) is 18.2 Å². The Labute approximate surface area is 121 Å². The SMILES string of the molecule is COCCN(C(=O)C1CCc2ccccc2N1)C(C)C. The summed E-state index contributed by atoms with van der Waals surface area (Å²) in [7, 11) is 1.66. The highest BCUT2D eigenvalue weighted by atomic mass is 16.5. The number of para-hydroxylation sites is 1. The zero-order chi connectivity index (χ0) is 14.5. The smallest absolute Gasteiger partial charge is 0.245 e. The quantitative estimate of drug-likeness (QED) is 0.897. The summed E-state index contributed by atoms with van der Waals surface area (Å²) in [6.07, 6.45) is 1.81. The van der Waals surface area contributed by atoms with Crippen LogP contribution in [0.15, 0.2) is 24.3 Å². The fraction of sp³-hybridized carbons (Fsp3) is 0.562. The molecule has 4 nitrogen and oxygen atoms in total. The topological polar surface area (TPSA) is 41.6 Å². The molecule has 4 heteroatoms. The molecule has 0 saturated carbocycles. The van der Waals surface area contributed by atoms with E-state index in [4.69, 9.17) is 4.74 Å². The molecule has 1 unspecified atom stereocenters. The van der Waals surface area contributed by atoms with Crippen molar-refractivity contribution in [2.75, 3.05) is 25.6 Å². The molecule has 1 aliphatic rings. The highest BCUT2D eigenvalue weighted by molar-refractivity contribution is 5.86. The first-order chi connectivity index (χ1) is 9.63. The average molecular weight is 276 g/mol. The van der Waals surface area contributed by atoms with Crippen LogP contribution in [0.25, 0.3) is 0 Å². The summed E-state index contributed by atoms with van der Waals surface area (Å²) in [6, 6.07) is 8.28. The van der Waals surface area contributed by atoms with Gasteiger partial charge < -0.3 is 15.0 Å². The van der Waals surface area contributed by atoms with Crippen molar-refractivity contribution in [1.29, 1.82) is 0 Å². The molecule has 0 aromatic heterocycles. The highest BCUT2D eigenvalue weighted by Gasteiger charge is 2.28. The van der Waals surface area contributed by atoms with E-state index in [1.165, 1.54) is 5.56 Å². The van der Waals surface area contributed by atoms with Gasteiger partial charge in [0.25, 0.3) is 0 Å². The summed E-state index contributed by atoms with van der Waals surface area (Å²) in [5.74, 6) is 0.173. The predicted octanol–water partition coefficient (Wildman–Crippen LogP) is 2.30. The molecule has 1 aromatic carbocycles. The fourth-order valence-electron chi connectivity index (χ4n) is 2.64. The van der Waals surface area contributed by atoms with Crippen LogP contribution in [-0.4, -0.2) is 43.2 Å². The number of amides is 1. The largest absolute Gasteiger partial charge is 0.383 e. The van der Waals surface area contributed by atoms with E-state index >= 15 is 0 Å². The maximum absolute atomic E-state index is 12.7. The lowest BCUT2D eigenvalue weighted by Crippen LogP contribution is -2.48. The van der Waals surface area contributed by atoms with Gasteiger partial charge in [-0.15, -0.1) is 0 Å². The molecule has 0 aliphatic carbocycles. The Kier molecular flexibility index (Phi) is 5.01. The number of ether oxygens (including phenoxy) is 1. The Morgan fingerprint density at radius 1 is 1.45 bits per heavy atom. The molecule has 0 spiro atoms. The molecule has 2 rings (SSSR count). The van der Waals surface area contributed by atoms with Gasteiger partial charge in [-0.25, -0.2) is 0 Å². The third-order valence-corrected chi connectivity index (χ3v) is 3.79. The lowest BCUT2D eigenvalue weighted by atomic mass is 9.97. The lowest BCUT2D eigenvalue weighted by Gasteiger charge is -2.33. The molecule has 0 saturated heterocycles. The molecule has 0 bridgehead atoms. The predicted molar refractivity (Wildman–Crippen MR) is 80.9 cm³/mol. The van der Waals surface area contributed by atoms with Crippen LogP contribution in [0.3, 0.4) is 0 Å². The number of methoxy groups -OCH3 is 1. The summed E-state index contributed by atoms with van der Waals surface area (Å²) in [5.41, 5.74) is 2.39. The third-order valence-electron chi connectivity index (χ3n) is 3.79. The van der Waals surface area contributed by atoms with Crippen LogP contribution < -0.4 is 5.32 Å². The number of fused-ring (bicyclic) bond motifs is 1. The van der Waals surface area contributed by atoms with Gasteiger partial charge in [-0.2, -0.15) is 0 Å². The van der Waals surface area contributed by atoms with E-state index < -0.39 is 0 Å². The second-order valence-electron chi connectivity index (χ2n) is 5.51. The Morgan fingerprint density at radius 3 is 2.90 bits per heavy atom. The Hall–Kier alpha value is -1.55. The van der Waals surface area contributed by atoms with Crippen molar-refractivity contribution in [3.63, 3.8) is 0 Å². The normalized spacial score (nSPS) is 17.5. The van der Waals surface area contributed by atoms with Crippen LogP contribution in [0.5, 0.6) is 0 Å². The van der Waals surface area contributed by atoms with Crippen molar-refractivity contribution >= 4 is 11.6 Å². The molecule has 1 atom stereocenters. The molecule has 110 valence electrons. The number of nitrogens with zero attached hydrogens (tertiary/aromatic N) is 1. The average Bonchev–Trinajstić information content (AvgIpc) is 2.46. The third kappa shape index (κ3) is 3.31. The van der Waals surface area contributed by atoms with Gasteiger partial charge in [0, 0.05) is 25.4 Å². The maximum atomic E-state index is 12.7. The van der Waals surface area contributed by atoms with E-state index in [0.29, 0.717) is 13.2 Å². The van der Waals surface area contributed by atoms with Crippen molar-refractivity contribution in [2.24, 2.45) is 0 Å². The van der Waals surface area contributed by atoms with Crippen molar-refractivity contribution in [1.82, 2.24) is 4.90 Å². The fourth-order valence-corrected chi connectivity index (χ4v) is 2.64. The van der Waals surface area contributed by atoms with E-state index in [9.17, 15) is 4.79 Å². The van der Waals surface area contributed by atoms with E-state index in [-0.39, 0.29) is 18.0 Å². The molecule has 1 heterocycles. The van der Waals surface area contributed by atoms with E-state index in [1.807, 2.05) is 36.9 Å². The summed E-state index contributed by atoms with van der Waals surface area (Å²) in [6.45, 7) is 5.31. The molecule has 0 radical (unpaired) electrons. The molecular formula is C16H24N2O2. The van der Waals surface area contributed by atoms with Crippen LogP contribution in [0, 0.1) is 0 Å². The van der Waals surface area contributed by atoms with Crippen LogP contribution >= 0.6 is 0 Å². The number of hydrogen-bond donors (Lipinski definition) is 1. The standard InChI is InChI=1S/C16H24N2O2/c1-12(2)18(10-11-20-3)16(19)15-9-8-13-6-4-5-7-14(13)17-15/h4-7,12,15,17H,8-11H2,1-3H3. The summed E-state index contributed by atoms with van der Waals surface area (Å²) < 4.78 is 5.10. The molecular weight excluding hydrogens is 252 g/mol. The molecule has 1 aliphatic heterocycles. The van der Waals surface area contributed by atoms with Crippen molar-refractivity contribution < 1.29 is 9.53 Å². The number of carbonyl (C=O) groups is 1. The summed E-state index contributed by atoms with van der Waals surface area (Å²) >= 11 is 0. The number of hydrogen-bond acceptors (Lipinski definition) is 3. The van der Waals surface area contributed by atoms with Crippen LogP contribution in [0.2, 0.25) is 0 Å². The van der Waals surface area contributed by atoms with Crippen LogP contribution in [-0.2, 0) is 16.0 Å². The molecule has 1 aromatic rings. The van der Waals surface area contributed by atoms with E-state index in [0.717, 1.165) is 18.5 Å². The van der Waals surface area contributed by atoms with Crippen molar-refractivity contribution in [3.8, 4) is 0 Å². The number of aryl methyl sites for hydroxylation is 1. The minimum Gasteiger partial charge on any atom is -0.383 e. The highest BCUT2D eigenvalue weighted by Crippen LogP contribution is 2.25. The number of carbonyl (C=O) groups excluding carboxylic acids is 1. The number of benzene rings is 1. The summed E-state index contributed by atoms with van der Waals surface area (Å²) in [4.78, 5) is 14.6. The Morgan fingerprint density at radius 2 is 2.20 bits per heavy atom. The van der Waals surface area contributed by atoms with Gasteiger partial charge in [0.15, 0.2) is 0 Å². The second kappa shape index (κ2) is 6.75. The summed E-state index contributed by atoms with van der Waals surface area (Å²) in [5, 5.41) is 3.38. The minimum absolute atomic E-state index is 0.121. The molecule has 1 N–H and O–H groups in total. The van der Waals surface area contributed by atoms with Gasteiger partial charge in [-0.05, 0) is 38.3 Å². The molecule has 0 fully saturated rings. The second-order valence-corrected chi connectivity index (χ2v) is 5.51. The monoisotopic (exact) mass is 276 g/mol. The van der Waals surface area contributed by atoms with Crippen molar-refractivity contribution in [2.45, 2.75) is 38.8 Å². The Bertz CT molecular complexity index is 460. The van der Waals surface area contributed by atoms with Crippen LogP contribution in [0.1, 0.15) is 25.8 Å². The van der Waals surface area contributed by atoms with E-state index in [1.54, 1.807) is 7.11 Å². The van der Waals surface area contributed by atoms with Gasteiger partial charge in [-0.3, -0.25) is 4.79 Å². The number of nitrogens with one attached hydrogen (secondary N) is 1. The zero-order valence-electron chi connectivity index (χ0n) is 12.6. The molecule has 1 amide bonds. The zero-order valence-corrected chi connectivity index (χ0v) is 12.6. The number of rotatable bonds is 5. The van der Waals surface area contributed by atoms with E-state index in [2.05, 4.69) is 11.4 Å². The van der Waals surface area contributed by atoms with Crippen molar-refractivity contribution in [3.05, 3.63) is 29.8 Å². The van der Waals surface area contributed by atoms with Gasteiger partial charge in [0.05, 0.1) is 6.61 Å². The first kappa shape index (κ1) is 14.9. The first-order valence-electron chi connectivity index (χ1n) is 7.27. The number of anilines is 1. The first-order valence-corrected chi connectivity index (χ1v) is 7.27. The van der Waals surface area contributed by atoms with Gasteiger partial charge in [0.1, 0.15) is 6.04 Å². The van der Waals surface area contributed by atoms with Gasteiger partial charge in [0.2, 0.25) is 5.91 Å². The Balaban J connectivity index is 2.06. The lowest BCUT2D eigenvalue weighted by molar-refractivity contribution is -0.134.